The van der Waals surface area contributed by atoms with Gasteiger partial charge in [0.15, 0.2) is 0 Å². The molecule has 0 heterocycles. The van der Waals surface area contributed by atoms with E-state index in [0.29, 0.717) is 12.4 Å². The lowest BCUT2D eigenvalue weighted by Crippen LogP contribution is -2.18. The summed E-state index contributed by atoms with van der Waals surface area (Å²) in [6.45, 7) is 4.29. The normalized spacial score (nSPS) is 11.6. The quantitative estimate of drug-likeness (QED) is 0.409. The molecule has 30 heavy (non-hydrogen) atoms. The summed E-state index contributed by atoms with van der Waals surface area (Å²) in [4.78, 5) is 2.33. The van der Waals surface area contributed by atoms with Gasteiger partial charge in [-0.1, -0.05) is 30.3 Å². The summed E-state index contributed by atoms with van der Waals surface area (Å²) in [7, 11) is -3.75. The van der Waals surface area contributed by atoms with E-state index in [0.717, 1.165) is 16.9 Å². The minimum atomic E-state index is -3.75. The molecule has 0 aliphatic carbocycles. The fraction of sp³-hybridized carbons (Fsp3) is 0.174. The van der Waals surface area contributed by atoms with E-state index < -0.39 is 10.0 Å². The van der Waals surface area contributed by atoms with E-state index in [9.17, 15) is 8.42 Å². The molecular weight excluding hydrogens is 400 g/mol. The maximum absolute atomic E-state index is 12.3. The Morgan fingerprint density at radius 1 is 0.900 bits per heavy atom. The fourth-order valence-corrected chi connectivity index (χ4v) is 3.37. The Labute approximate surface area is 177 Å². The topological polar surface area (TPSA) is 77.0 Å². The summed E-state index contributed by atoms with van der Waals surface area (Å²) in [5.74, 6) is 1.34. The second-order valence-electron chi connectivity index (χ2n) is 6.83. The van der Waals surface area contributed by atoms with E-state index in [1.54, 1.807) is 24.3 Å². The van der Waals surface area contributed by atoms with Gasteiger partial charge < -0.3 is 9.47 Å². The van der Waals surface area contributed by atoms with E-state index in [2.05, 4.69) is 9.93 Å². The molecule has 0 aromatic heterocycles. The van der Waals surface area contributed by atoms with Crippen molar-refractivity contribution in [1.29, 1.82) is 0 Å². The molecule has 7 heteroatoms. The highest BCUT2D eigenvalue weighted by Crippen LogP contribution is 2.17. The molecule has 0 fully saturated rings. The number of hydrogen-bond donors (Lipinski definition) is 1. The minimum Gasteiger partial charge on any atom is -0.491 e. The van der Waals surface area contributed by atoms with Gasteiger partial charge in [0.05, 0.1) is 17.2 Å². The van der Waals surface area contributed by atoms with Gasteiger partial charge in [-0.05, 0) is 73.5 Å². The molecule has 3 aromatic rings. The van der Waals surface area contributed by atoms with Crippen molar-refractivity contribution in [3.8, 4) is 11.5 Å². The Balaban J connectivity index is 1.55. The fourth-order valence-electron chi connectivity index (χ4n) is 2.58. The number of benzene rings is 3. The van der Waals surface area contributed by atoms with Crippen LogP contribution < -0.4 is 14.3 Å². The second kappa shape index (κ2) is 9.93. The molecule has 0 spiro atoms. The Morgan fingerprint density at radius 3 is 2.17 bits per heavy atom. The van der Waals surface area contributed by atoms with Crippen LogP contribution in [0, 0.1) is 0 Å². The molecule has 1 N–H and O–H groups in total. The predicted octanol–water partition coefficient (Wildman–Crippen LogP) is 4.37. The zero-order valence-corrected chi connectivity index (χ0v) is 17.7. The third-order valence-electron chi connectivity index (χ3n) is 4.02. The van der Waals surface area contributed by atoms with Crippen LogP contribution in [0.25, 0.3) is 0 Å². The molecule has 0 saturated carbocycles. The predicted molar refractivity (Wildman–Crippen MR) is 117 cm³/mol. The molecule has 0 bridgehead atoms. The molecule has 0 radical (unpaired) electrons. The summed E-state index contributed by atoms with van der Waals surface area (Å²) in [6.07, 6.45) is 1.46. The zero-order chi connectivity index (χ0) is 21.4. The van der Waals surface area contributed by atoms with E-state index in [1.165, 1.54) is 18.3 Å². The first-order valence-corrected chi connectivity index (χ1v) is 11.0. The number of hydrazone groups is 1. The van der Waals surface area contributed by atoms with Gasteiger partial charge in [-0.15, -0.1) is 0 Å². The van der Waals surface area contributed by atoms with Crippen molar-refractivity contribution in [3.63, 3.8) is 0 Å². The first-order valence-electron chi connectivity index (χ1n) is 9.51. The highest BCUT2D eigenvalue weighted by Gasteiger charge is 2.12. The van der Waals surface area contributed by atoms with Gasteiger partial charge in [-0.25, -0.2) is 4.83 Å². The summed E-state index contributed by atoms with van der Waals surface area (Å²) >= 11 is 0. The van der Waals surface area contributed by atoms with Crippen LogP contribution in [0.1, 0.15) is 25.0 Å². The third kappa shape index (κ3) is 6.35. The Kier molecular flexibility index (Phi) is 7.08. The number of nitrogens with zero attached hydrogens (tertiary/aromatic N) is 1. The summed E-state index contributed by atoms with van der Waals surface area (Å²) in [5, 5.41) is 3.85. The Hall–Kier alpha value is -3.32. The van der Waals surface area contributed by atoms with Gasteiger partial charge in [-0.3, -0.25) is 0 Å². The summed E-state index contributed by atoms with van der Waals surface area (Å²) in [5.41, 5.74) is 1.83. The average Bonchev–Trinajstić information content (AvgIpc) is 2.74. The largest absolute Gasteiger partial charge is 0.491 e. The molecule has 6 nitrogen and oxygen atoms in total. The van der Waals surface area contributed by atoms with Crippen molar-refractivity contribution in [2.24, 2.45) is 5.10 Å². The van der Waals surface area contributed by atoms with Gasteiger partial charge in [0.2, 0.25) is 0 Å². The van der Waals surface area contributed by atoms with Crippen LogP contribution in [0.15, 0.2) is 88.9 Å². The number of hydrogen-bond acceptors (Lipinski definition) is 5. The SMILES string of the molecule is CC(C)Oc1ccc(S(=O)(=O)N/N=C/c2ccc(OCc3ccccc3)cc2)cc1. The number of sulfonamides is 1. The average molecular weight is 425 g/mol. The molecule has 0 unspecified atom stereocenters. The van der Waals surface area contributed by atoms with Crippen LogP contribution in [0.4, 0.5) is 0 Å². The molecular formula is C23H24N2O4S. The van der Waals surface area contributed by atoms with Crippen molar-refractivity contribution >= 4 is 16.2 Å². The summed E-state index contributed by atoms with van der Waals surface area (Å²) < 4.78 is 35.9. The molecule has 3 aromatic carbocycles. The lowest BCUT2D eigenvalue weighted by molar-refractivity contribution is 0.242. The van der Waals surface area contributed by atoms with Crippen LogP contribution in [0.3, 0.4) is 0 Å². The van der Waals surface area contributed by atoms with Crippen molar-refractivity contribution < 1.29 is 17.9 Å². The second-order valence-corrected chi connectivity index (χ2v) is 8.50. The Morgan fingerprint density at radius 2 is 1.53 bits per heavy atom. The molecule has 0 aliphatic rings. The minimum absolute atomic E-state index is 0.0188. The van der Waals surface area contributed by atoms with E-state index in [4.69, 9.17) is 9.47 Å². The molecule has 0 saturated heterocycles. The highest BCUT2D eigenvalue weighted by molar-refractivity contribution is 7.89. The first-order chi connectivity index (χ1) is 14.4. The number of rotatable bonds is 9. The van der Waals surface area contributed by atoms with Crippen LogP contribution in [0.5, 0.6) is 11.5 Å². The smallest absolute Gasteiger partial charge is 0.276 e. The third-order valence-corrected chi connectivity index (χ3v) is 5.26. The maximum atomic E-state index is 12.3. The monoisotopic (exact) mass is 424 g/mol. The molecule has 3 rings (SSSR count). The highest BCUT2D eigenvalue weighted by atomic mass is 32.2. The van der Waals surface area contributed by atoms with Crippen molar-refractivity contribution in [2.45, 2.75) is 31.5 Å². The van der Waals surface area contributed by atoms with Crippen LogP contribution in [0.2, 0.25) is 0 Å². The standard InChI is InChI=1S/C23H24N2O4S/c1-18(2)29-22-12-14-23(15-13-22)30(26,27)25-24-16-19-8-10-21(11-9-19)28-17-20-6-4-3-5-7-20/h3-16,18,25H,17H2,1-2H3/b24-16+. The van der Waals surface area contributed by atoms with Crippen molar-refractivity contribution in [2.75, 3.05) is 0 Å². The zero-order valence-electron chi connectivity index (χ0n) is 16.9. The van der Waals surface area contributed by atoms with Crippen LogP contribution >= 0.6 is 0 Å². The van der Waals surface area contributed by atoms with Crippen LogP contribution in [-0.2, 0) is 16.6 Å². The molecule has 156 valence electrons. The Bertz CT molecular complexity index is 1060. The molecule has 0 amide bonds. The van der Waals surface area contributed by atoms with Gasteiger partial charge in [0, 0.05) is 0 Å². The maximum Gasteiger partial charge on any atom is 0.276 e. The van der Waals surface area contributed by atoms with Gasteiger partial charge >= 0.3 is 0 Å². The van der Waals surface area contributed by atoms with Crippen LogP contribution in [-0.4, -0.2) is 20.7 Å². The van der Waals surface area contributed by atoms with Crippen molar-refractivity contribution in [3.05, 3.63) is 90.0 Å². The van der Waals surface area contributed by atoms with Gasteiger partial charge in [0.1, 0.15) is 18.1 Å². The first kappa shape index (κ1) is 21.4. The molecule has 0 atom stereocenters. The van der Waals surface area contributed by atoms with E-state index in [1.807, 2.05) is 56.3 Å². The summed E-state index contributed by atoms with van der Waals surface area (Å²) in [6, 6.07) is 23.3. The van der Waals surface area contributed by atoms with E-state index in [-0.39, 0.29) is 11.0 Å². The molecule has 0 aliphatic heterocycles. The number of ether oxygens (including phenoxy) is 2. The lowest BCUT2D eigenvalue weighted by atomic mass is 10.2. The van der Waals surface area contributed by atoms with Gasteiger partial charge in [0.25, 0.3) is 10.0 Å². The van der Waals surface area contributed by atoms with Crippen molar-refractivity contribution in [1.82, 2.24) is 4.83 Å². The van der Waals surface area contributed by atoms with E-state index >= 15 is 0 Å². The van der Waals surface area contributed by atoms with Gasteiger partial charge in [-0.2, -0.15) is 13.5 Å². The number of nitrogens with one attached hydrogen (secondary N) is 1. The lowest BCUT2D eigenvalue weighted by Gasteiger charge is -2.10.